The van der Waals surface area contributed by atoms with Crippen LogP contribution < -0.4 is 10.2 Å². The second-order valence-electron chi connectivity index (χ2n) is 10.2. The molecule has 2 aliphatic heterocycles. The Morgan fingerprint density at radius 1 is 1.07 bits per heavy atom. The first-order chi connectivity index (χ1) is 19.3. The van der Waals surface area contributed by atoms with E-state index in [4.69, 9.17) is 11.6 Å². The summed E-state index contributed by atoms with van der Waals surface area (Å²) in [4.78, 5) is 31.2. The molecule has 11 heteroatoms. The highest BCUT2D eigenvalue weighted by Crippen LogP contribution is 2.34. The van der Waals surface area contributed by atoms with Gasteiger partial charge in [0.1, 0.15) is 5.69 Å². The lowest BCUT2D eigenvalue weighted by molar-refractivity contribution is 0.0941. The molecule has 2 aromatic carbocycles. The Hall–Kier alpha value is -3.99. The number of aliphatic hydroxyl groups is 1. The van der Waals surface area contributed by atoms with E-state index < -0.39 is 0 Å². The second-order valence-corrected chi connectivity index (χ2v) is 10.7. The van der Waals surface area contributed by atoms with Gasteiger partial charge in [0.2, 0.25) is 0 Å². The van der Waals surface area contributed by atoms with Crippen LogP contribution in [0.4, 0.5) is 5.69 Å². The van der Waals surface area contributed by atoms with Crippen LogP contribution in [0.25, 0.3) is 5.69 Å². The summed E-state index contributed by atoms with van der Waals surface area (Å²) in [5, 5.41) is 21.8. The molecule has 0 unspecified atom stereocenters. The summed E-state index contributed by atoms with van der Waals surface area (Å²) in [7, 11) is 1.85. The van der Waals surface area contributed by atoms with E-state index in [0.29, 0.717) is 28.5 Å². The first-order valence-corrected chi connectivity index (χ1v) is 13.6. The zero-order chi connectivity index (χ0) is 28.0. The molecular formula is C29H30ClN7O3. The van der Waals surface area contributed by atoms with E-state index in [9.17, 15) is 14.7 Å². The Balaban J connectivity index is 1.34. The van der Waals surface area contributed by atoms with Crippen LogP contribution in [0.15, 0.2) is 48.5 Å². The Kier molecular flexibility index (Phi) is 6.91. The number of halogens is 1. The fourth-order valence-electron chi connectivity index (χ4n) is 5.44. The van der Waals surface area contributed by atoms with Gasteiger partial charge in [0, 0.05) is 48.6 Å². The molecule has 0 atom stereocenters. The van der Waals surface area contributed by atoms with Gasteiger partial charge in [0.15, 0.2) is 5.69 Å². The number of nitrogens with zero attached hydrogens (tertiary/aromatic N) is 6. The summed E-state index contributed by atoms with van der Waals surface area (Å²) < 4.78 is 3.27. The number of aryl methyl sites for hydroxylation is 2. The number of anilines is 1. The van der Waals surface area contributed by atoms with E-state index in [1.807, 2.05) is 38.2 Å². The molecule has 2 aromatic heterocycles. The highest BCUT2D eigenvalue weighted by Gasteiger charge is 2.38. The molecule has 0 spiro atoms. The number of amides is 2. The molecule has 0 radical (unpaired) electrons. The molecule has 2 amide bonds. The smallest absolute Gasteiger partial charge is 0.277 e. The van der Waals surface area contributed by atoms with Crippen molar-refractivity contribution in [1.29, 1.82) is 0 Å². The molecular weight excluding hydrogens is 530 g/mol. The third kappa shape index (κ3) is 4.78. The lowest BCUT2D eigenvalue weighted by Gasteiger charge is -2.29. The quantitative estimate of drug-likeness (QED) is 0.360. The maximum Gasteiger partial charge on any atom is 0.277 e. The minimum Gasteiger partial charge on any atom is -0.395 e. The van der Waals surface area contributed by atoms with E-state index in [0.717, 1.165) is 42.1 Å². The largest absolute Gasteiger partial charge is 0.395 e. The molecule has 2 N–H and O–H groups in total. The number of hydrogen-bond donors (Lipinski definition) is 2. The van der Waals surface area contributed by atoms with Crippen molar-refractivity contribution in [3.8, 4) is 5.69 Å². The van der Waals surface area contributed by atoms with Crippen LogP contribution in [0, 0.1) is 6.92 Å². The standard InChI is InChI=1S/C29H30ClN7O3/c1-18-12-22(32-34(18)2)15-31-28(39)26-25-17-36(23-7-6-19-8-9-35(10-11-38)16-20(19)13-23)29(40)27(25)37(33-26)24-5-3-4-21(30)14-24/h3-7,12-14,38H,8-11,15-17H2,1-2H3,(H,31,39). The van der Waals surface area contributed by atoms with Crippen LogP contribution in [-0.2, 0) is 33.1 Å². The van der Waals surface area contributed by atoms with Crippen molar-refractivity contribution in [2.24, 2.45) is 7.05 Å². The number of carbonyl (C=O) groups is 2. The Morgan fingerprint density at radius 2 is 1.93 bits per heavy atom. The van der Waals surface area contributed by atoms with Gasteiger partial charge in [-0.05, 0) is 60.9 Å². The maximum absolute atomic E-state index is 13.9. The van der Waals surface area contributed by atoms with Gasteiger partial charge in [-0.2, -0.15) is 10.2 Å². The predicted molar refractivity (Wildman–Crippen MR) is 151 cm³/mol. The number of aliphatic hydroxyl groups excluding tert-OH is 1. The number of benzene rings is 2. The van der Waals surface area contributed by atoms with E-state index in [2.05, 4.69) is 26.5 Å². The fourth-order valence-corrected chi connectivity index (χ4v) is 5.63. The molecule has 6 rings (SSSR count). The first-order valence-electron chi connectivity index (χ1n) is 13.2. The SMILES string of the molecule is Cc1cc(CNC(=O)c2nn(-c3cccc(Cl)c3)c3c2CN(c2ccc4c(c2)CN(CCO)CC4)C3=O)nn1C. The van der Waals surface area contributed by atoms with E-state index >= 15 is 0 Å². The molecule has 4 aromatic rings. The van der Waals surface area contributed by atoms with Crippen molar-refractivity contribution in [1.82, 2.24) is 29.8 Å². The van der Waals surface area contributed by atoms with Gasteiger partial charge >= 0.3 is 0 Å². The first kappa shape index (κ1) is 26.2. The van der Waals surface area contributed by atoms with Crippen LogP contribution in [0.1, 0.15) is 49.1 Å². The Morgan fingerprint density at radius 3 is 2.67 bits per heavy atom. The van der Waals surface area contributed by atoms with Crippen molar-refractivity contribution in [3.05, 3.63) is 93.0 Å². The van der Waals surface area contributed by atoms with E-state index in [1.54, 1.807) is 27.8 Å². The van der Waals surface area contributed by atoms with E-state index in [1.165, 1.54) is 10.2 Å². The summed E-state index contributed by atoms with van der Waals surface area (Å²) in [5.41, 5.74) is 6.59. The number of hydrogen-bond acceptors (Lipinski definition) is 6. The molecule has 2 aliphatic rings. The van der Waals surface area contributed by atoms with Crippen LogP contribution in [-0.4, -0.2) is 61.1 Å². The molecule has 206 valence electrons. The van der Waals surface area contributed by atoms with Gasteiger partial charge in [-0.25, -0.2) is 4.68 Å². The summed E-state index contributed by atoms with van der Waals surface area (Å²) in [6, 6.07) is 15.1. The fraction of sp³-hybridized carbons (Fsp3) is 0.310. The topological polar surface area (TPSA) is 109 Å². The summed E-state index contributed by atoms with van der Waals surface area (Å²) >= 11 is 6.27. The van der Waals surface area contributed by atoms with Crippen molar-refractivity contribution < 1.29 is 14.7 Å². The van der Waals surface area contributed by atoms with Gasteiger partial charge in [-0.1, -0.05) is 23.7 Å². The summed E-state index contributed by atoms with van der Waals surface area (Å²) in [5.74, 6) is -0.607. The number of aromatic nitrogens is 4. The Bertz CT molecular complexity index is 1610. The number of carbonyl (C=O) groups excluding carboxylic acids is 2. The summed E-state index contributed by atoms with van der Waals surface area (Å²) in [6.45, 7) is 4.75. The lowest BCUT2D eigenvalue weighted by atomic mass is 9.99. The number of fused-ring (bicyclic) bond motifs is 2. The monoisotopic (exact) mass is 559 g/mol. The minimum atomic E-state index is -0.375. The number of rotatable bonds is 7. The zero-order valence-electron chi connectivity index (χ0n) is 22.4. The molecule has 0 aliphatic carbocycles. The molecule has 0 bridgehead atoms. The average molecular weight is 560 g/mol. The molecule has 4 heterocycles. The van der Waals surface area contributed by atoms with Crippen molar-refractivity contribution >= 4 is 29.1 Å². The van der Waals surface area contributed by atoms with Gasteiger partial charge in [0.05, 0.1) is 31.1 Å². The average Bonchev–Trinajstić information content (AvgIpc) is 3.59. The molecule has 40 heavy (non-hydrogen) atoms. The molecule has 10 nitrogen and oxygen atoms in total. The third-order valence-electron chi connectivity index (χ3n) is 7.62. The van der Waals surface area contributed by atoms with Gasteiger partial charge in [-0.15, -0.1) is 0 Å². The van der Waals surface area contributed by atoms with Crippen molar-refractivity contribution in [2.75, 3.05) is 24.6 Å². The van der Waals surface area contributed by atoms with Gasteiger partial charge in [0.25, 0.3) is 11.8 Å². The van der Waals surface area contributed by atoms with Crippen LogP contribution in [0.5, 0.6) is 0 Å². The van der Waals surface area contributed by atoms with Crippen LogP contribution >= 0.6 is 11.6 Å². The molecule has 0 fully saturated rings. The second kappa shape index (κ2) is 10.5. The normalized spacial score (nSPS) is 14.9. The van der Waals surface area contributed by atoms with Crippen molar-refractivity contribution in [3.63, 3.8) is 0 Å². The molecule has 0 saturated heterocycles. The van der Waals surface area contributed by atoms with Gasteiger partial charge < -0.3 is 15.3 Å². The highest BCUT2D eigenvalue weighted by molar-refractivity contribution is 6.30. The number of nitrogens with one attached hydrogen (secondary N) is 1. The minimum absolute atomic E-state index is 0.111. The maximum atomic E-state index is 13.9. The van der Waals surface area contributed by atoms with Crippen LogP contribution in [0.3, 0.4) is 0 Å². The number of β-amino-alcohol motifs (C(OH)–C–C–N with tert-alkyl or cyclic N) is 1. The van der Waals surface area contributed by atoms with Crippen LogP contribution in [0.2, 0.25) is 5.02 Å². The lowest BCUT2D eigenvalue weighted by Crippen LogP contribution is -2.33. The highest BCUT2D eigenvalue weighted by atomic mass is 35.5. The third-order valence-corrected chi connectivity index (χ3v) is 7.85. The van der Waals surface area contributed by atoms with E-state index in [-0.39, 0.29) is 37.2 Å². The van der Waals surface area contributed by atoms with Crippen molar-refractivity contribution in [2.45, 2.75) is 33.0 Å². The summed E-state index contributed by atoms with van der Waals surface area (Å²) in [6.07, 6.45) is 0.896. The Labute approximate surface area is 236 Å². The zero-order valence-corrected chi connectivity index (χ0v) is 23.1. The predicted octanol–water partition coefficient (Wildman–Crippen LogP) is 3.01. The van der Waals surface area contributed by atoms with Gasteiger partial charge in [-0.3, -0.25) is 19.2 Å². The molecule has 0 saturated carbocycles.